The van der Waals surface area contributed by atoms with E-state index in [9.17, 15) is 18.0 Å². The fraction of sp³-hybridized carbons (Fsp3) is 0.417. The number of amides is 2. The number of nitrogens with zero attached hydrogens (tertiary/aromatic N) is 1. The second-order valence-electron chi connectivity index (χ2n) is 8.58. The highest BCUT2D eigenvalue weighted by Gasteiger charge is 2.23. The summed E-state index contributed by atoms with van der Waals surface area (Å²) in [6.07, 6.45) is 2.55. The predicted molar refractivity (Wildman–Crippen MR) is 128 cm³/mol. The number of piperidine rings is 1. The van der Waals surface area contributed by atoms with Crippen LogP contribution in [-0.2, 0) is 14.8 Å². The molecular formula is C24H32N4O4S. The minimum atomic E-state index is -3.75. The van der Waals surface area contributed by atoms with Gasteiger partial charge in [-0.05, 0) is 93.7 Å². The number of likely N-dealkylation sites (tertiary alicyclic amines) is 1. The third-order valence-corrected chi connectivity index (χ3v) is 7.43. The standard InChI is InChI=1S/C24H32N4O4S/c1-17-6-9-21(15-18(17)2)27-33(31,32)22-10-7-19(8-11-22)24(30)26-12-4-14-28-13-3-5-20(16-28)23(25)29/h6-11,15,20,27H,3-5,12-14,16H2,1-2H3,(H2,25,29)(H,26,30). The summed E-state index contributed by atoms with van der Waals surface area (Å²) in [4.78, 5) is 26.1. The summed E-state index contributed by atoms with van der Waals surface area (Å²) in [6.45, 7) is 6.77. The third-order valence-electron chi connectivity index (χ3n) is 6.03. The van der Waals surface area contributed by atoms with Crippen molar-refractivity contribution in [3.63, 3.8) is 0 Å². The fourth-order valence-electron chi connectivity index (χ4n) is 3.90. The van der Waals surface area contributed by atoms with E-state index in [4.69, 9.17) is 5.73 Å². The molecule has 0 aliphatic carbocycles. The van der Waals surface area contributed by atoms with Crippen LogP contribution in [0.2, 0.25) is 0 Å². The van der Waals surface area contributed by atoms with Crippen LogP contribution in [0.1, 0.15) is 40.7 Å². The lowest BCUT2D eigenvalue weighted by Crippen LogP contribution is -2.42. The van der Waals surface area contributed by atoms with Gasteiger partial charge in [-0.15, -0.1) is 0 Å². The number of hydrogen-bond donors (Lipinski definition) is 3. The quantitative estimate of drug-likeness (QED) is 0.484. The molecule has 2 amide bonds. The van der Waals surface area contributed by atoms with Gasteiger partial charge in [0.1, 0.15) is 0 Å². The van der Waals surface area contributed by atoms with E-state index in [1.54, 1.807) is 12.1 Å². The minimum absolute atomic E-state index is 0.0892. The Hall–Kier alpha value is -2.91. The van der Waals surface area contributed by atoms with Crippen LogP contribution in [0.4, 0.5) is 5.69 Å². The van der Waals surface area contributed by atoms with E-state index in [0.717, 1.165) is 43.5 Å². The van der Waals surface area contributed by atoms with Crippen molar-refractivity contribution in [3.05, 3.63) is 59.2 Å². The van der Waals surface area contributed by atoms with Gasteiger partial charge in [-0.2, -0.15) is 0 Å². The summed E-state index contributed by atoms with van der Waals surface area (Å²) >= 11 is 0. The molecule has 0 saturated carbocycles. The molecule has 1 aliphatic rings. The molecule has 0 bridgehead atoms. The van der Waals surface area contributed by atoms with Gasteiger partial charge < -0.3 is 16.0 Å². The number of primary amides is 1. The van der Waals surface area contributed by atoms with Crippen LogP contribution in [0.5, 0.6) is 0 Å². The second kappa shape index (κ2) is 10.8. The Balaban J connectivity index is 1.49. The molecule has 8 nitrogen and oxygen atoms in total. The van der Waals surface area contributed by atoms with Gasteiger partial charge in [-0.25, -0.2) is 8.42 Å². The van der Waals surface area contributed by atoms with E-state index < -0.39 is 10.0 Å². The number of rotatable bonds is 9. The van der Waals surface area contributed by atoms with Gasteiger partial charge in [0.25, 0.3) is 15.9 Å². The average molecular weight is 473 g/mol. The van der Waals surface area contributed by atoms with Crippen LogP contribution >= 0.6 is 0 Å². The van der Waals surface area contributed by atoms with Gasteiger partial charge in [0.2, 0.25) is 5.91 Å². The first-order chi connectivity index (χ1) is 15.7. The first kappa shape index (κ1) is 24.7. The van der Waals surface area contributed by atoms with Crippen molar-refractivity contribution in [2.24, 2.45) is 11.7 Å². The molecule has 2 aromatic rings. The lowest BCUT2D eigenvalue weighted by Gasteiger charge is -2.31. The molecule has 33 heavy (non-hydrogen) atoms. The Labute approximate surface area is 195 Å². The monoisotopic (exact) mass is 472 g/mol. The van der Waals surface area contributed by atoms with Crippen LogP contribution < -0.4 is 15.8 Å². The number of carbonyl (C=O) groups is 2. The van der Waals surface area contributed by atoms with Crippen molar-refractivity contribution in [1.82, 2.24) is 10.2 Å². The molecule has 9 heteroatoms. The SMILES string of the molecule is Cc1ccc(NS(=O)(=O)c2ccc(C(=O)NCCCN3CCCC(C(N)=O)C3)cc2)cc1C. The van der Waals surface area contributed by atoms with Crippen LogP contribution in [0.15, 0.2) is 47.4 Å². The molecule has 1 unspecified atom stereocenters. The molecule has 1 atom stereocenters. The highest BCUT2D eigenvalue weighted by molar-refractivity contribution is 7.92. The molecule has 1 heterocycles. The van der Waals surface area contributed by atoms with Crippen LogP contribution in [-0.4, -0.2) is 51.3 Å². The molecular weight excluding hydrogens is 440 g/mol. The molecule has 2 aromatic carbocycles. The summed E-state index contributed by atoms with van der Waals surface area (Å²) in [7, 11) is -3.75. The van der Waals surface area contributed by atoms with Gasteiger partial charge in [0.05, 0.1) is 10.8 Å². The number of benzene rings is 2. The molecule has 4 N–H and O–H groups in total. The third kappa shape index (κ3) is 6.79. The van der Waals surface area contributed by atoms with Crippen molar-refractivity contribution in [2.45, 2.75) is 38.0 Å². The van der Waals surface area contributed by atoms with Gasteiger partial charge in [0.15, 0.2) is 0 Å². The number of nitrogens with two attached hydrogens (primary N) is 1. The number of anilines is 1. The van der Waals surface area contributed by atoms with Crippen LogP contribution in [0, 0.1) is 19.8 Å². The number of hydrogen-bond acceptors (Lipinski definition) is 5. The molecule has 0 radical (unpaired) electrons. The maximum atomic E-state index is 12.7. The summed E-state index contributed by atoms with van der Waals surface area (Å²) in [5.74, 6) is -0.593. The number of sulfonamides is 1. The van der Waals surface area contributed by atoms with E-state index >= 15 is 0 Å². The lowest BCUT2D eigenvalue weighted by molar-refractivity contribution is -0.123. The van der Waals surface area contributed by atoms with Gasteiger partial charge in [-0.1, -0.05) is 6.07 Å². The predicted octanol–water partition coefficient (Wildman–Crippen LogP) is 2.42. The Morgan fingerprint density at radius 3 is 2.48 bits per heavy atom. The Kier molecular flexibility index (Phi) is 8.10. The molecule has 0 aromatic heterocycles. The maximum Gasteiger partial charge on any atom is 0.261 e. The largest absolute Gasteiger partial charge is 0.369 e. The average Bonchev–Trinajstić information content (AvgIpc) is 2.79. The molecule has 178 valence electrons. The minimum Gasteiger partial charge on any atom is -0.369 e. The molecule has 0 spiro atoms. The van der Waals surface area contributed by atoms with Gasteiger partial charge >= 0.3 is 0 Å². The Morgan fingerprint density at radius 2 is 1.82 bits per heavy atom. The van der Waals surface area contributed by atoms with E-state index in [0.29, 0.717) is 24.3 Å². The van der Waals surface area contributed by atoms with Crippen molar-refractivity contribution < 1.29 is 18.0 Å². The number of carbonyl (C=O) groups excluding carboxylic acids is 2. The Bertz CT molecular complexity index is 1100. The van der Waals surface area contributed by atoms with Crippen LogP contribution in [0.3, 0.4) is 0 Å². The van der Waals surface area contributed by atoms with E-state index in [2.05, 4.69) is 14.9 Å². The van der Waals surface area contributed by atoms with Crippen molar-refractivity contribution in [2.75, 3.05) is 30.9 Å². The summed E-state index contributed by atoms with van der Waals surface area (Å²) in [6, 6.07) is 11.2. The molecule has 1 saturated heterocycles. The highest BCUT2D eigenvalue weighted by atomic mass is 32.2. The molecule has 1 fully saturated rings. The van der Waals surface area contributed by atoms with Crippen molar-refractivity contribution in [1.29, 1.82) is 0 Å². The van der Waals surface area contributed by atoms with Gasteiger partial charge in [0, 0.05) is 24.3 Å². The molecule has 3 rings (SSSR count). The number of aryl methyl sites for hydroxylation is 2. The zero-order valence-corrected chi connectivity index (χ0v) is 20.0. The Morgan fingerprint density at radius 1 is 1.09 bits per heavy atom. The van der Waals surface area contributed by atoms with E-state index in [-0.39, 0.29) is 22.6 Å². The van der Waals surface area contributed by atoms with Crippen molar-refractivity contribution >= 4 is 27.5 Å². The lowest BCUT2D eigenvalue weighted by atomic mass is 9.97. The summed E-state index contributed by atoms with van der Waals surface area (Å²) in [5, 5.41) is 2.86. The summed E-state index contributed by atoms with van der Waals surface area (Å²) in [5.41, 5.74) is 8.38. The highest BCUT2D eigenvalue weighted by Crippen LogP contribution is 2.20. The van der Waals surface area contributed by atoms with E-state index in [1.165, 1.54) is 24.3 Å². The fourth-order valence-corrected chi connectivity index (χ4v) is 4.95. The van der Waals surface area contributed by atoms with Crippen molar-refractivity contribution in [3.8, 4) is 0 Å². The summed E-state index contributed by atoms with van der Waals surface area (Å²) < 4.78 is 27.9. The number of nitrogens with one attached hydrogen (secondary N) is 2. The smallest absolute Gasteiger partial charge is 0.261 e. The topological polar surface area (TPSA) is 122 Å². The zero-order valence-electron chi connectivity index (χ0n) is 19.1. The van der Waals surface area contributed by atoms with Crippen LogP contribution in [0.25, 0.3) is 0 Å². The van der Waals surface area contributed by atoms with Gasteiger partial charge in [-0.3, -0.25) is 14.3 Å². The second-order valence-corrected chi connectivity index (χ2v) is 10.3. The normalized spacial score (nSPS) is 16.8. The first-order valence-corrected chi connectivity index (χ1v) is 12.6. The molecule has 1 aliphatic heterocycles. The van der Waals surface area contributed by atoms with E-state index in [1.807, 2.05) is 19.9 Å². The maximum absolute atomic E-state index is 12.7. The first-order valence-electron chi connectivity index (χ1n) is 11.2. The zero-order chi connectivity index (χ0) is 24.0.